The van der Waals surface area contributed by atoms with E-state index in [2.05, 4.69) is 59.2 Å². The molecule has 1 aliphatic rings. The van der Waals surface area contributed by atoms with Crippen LogP contribution in [0, 0.1) is 13.8 Å². The quantitative estimate of drug-likeness (QED) is 0.249. The zero-order valence-electron chi connectivity index (χ0n) is 19.7. The number of rotatable bonds is 7. The van der Waals surface area contributed by atoms with E-state index >= 15 is 0 Å². The van der Waals surface area contributed by atoms with Crippen molar-refractivity contribution in [1.29, 1.82) is 0 Å². The standard InChI is InChI=1S/C24H32ClN5OS/c1-7-8-30-21-11-20(25)18(10-19(21)15(2)12-24(30,5)6)13-26-29-22(31)14-32-23-27-16(3)9-17(4)28-23/h9-11,13,15H,7-8,12,14H2,1-6H3,(H,29,31)/b26-13-. The maximum Gasteiger partial charge on any atom is 0.250 e. The monoisotopic (exact) mass is 473 g/mol. The summed E-state index contributed by atoms with van der Waals surface area (Å²) in [5.41, 5.74) is 7.72. The smallest absolute Gasteiger partial charge is 0.250 e. The fourth-order valence-corrected chi connectivity index (χ4v) is 5.31. The molecular formula is C24H32ClN5OS. The third-order valence-electron chi connectivity index (χ3n) is 5.64. The van der Waals surface area contributed by atoms with Crippen molar-refractivity contribution in [3.05, 3.63) is 45.7 Å². The molecule has 2 aromatic rings. The van der Waals surface area contributed by atoms with Crippen molar-refractivity contribution < 1.29 is 4.79 Å². The predicted octanol–water partition coefficient (Wildman–Crippen LogP) is 5.49. The van der Waals surface area contributed by atoms with Gasteiger partial charge in [-0.3, -0.25) is 4.79 Å². The van der Waals surface area contributed by atoms with Crippen molar-refractivity contribution in [2.75, 3.05) is 17.2 Å². The van der Waals surface area contributed by atoms with Gasteiger partial charge in [0.1, 0.15) is 0 Å². The molecule has 0 bridgehead atoms. The largest absolute Gasteiger partial charge is 0.366 e. The number of aromatic nitrogens is 2. The number of thioether (sulfide) groups is 1. The van der Waals surface area contributed by atoms with Crippen LogP contribution < -0.4 is 10.3 Å². The van der Waals surface area contributed by atoms with Crippen molar-refractivity contribution in [1.82, 2.24) is 15.4 Å². The van der Waals surface area contributed by atoms with Gasteiger partial charge in [0.2, 0.25) is 0 Å². The second kappa shape index (κ2) is 10.2. The number of halogens is 1. The lowest BCUT2D eigenvalue weighted by molar-refractivity contribution is -0.118. The molecule has 32 heavy (non-hydrogen) atoms. The van der Waals surface area contributed by atoms with Crippen LogP contribution >= 0.6 is 23.4 Å². The van der Waals surface area contributed by atoms with Crippen molar-refractivity contribution in [2.45, 2.75) is 71.0 Å². The third-order valence-corrected chi connectivity index (χ3v) is 6.81. The first-order chi connectivity index (χ1) is 15.1. The molecule has 2 heterocycles. The van der Waals surface area contributed by atoms with E-state index in [0.29, 0.717) is 16.1 Å². The first kappa shape index (κ1) is 24.5. The minimum Gasteiger partial charge on any atom is -0.366 e. The van der Waals surface area contributed by atoms with Gasteiger partial charge in [0.25, 0.3) is 5.91 Å². The van der Waals surface area contributed by atoms with Crippen molar-refractivity contribution >= 4 is 41.2 Å². The second-order valence-electron chi connectivity index (χ2n) is 9.02. The number of hydrazone groups is 1. The molecule has 0 aliphatic carbocycles. The van der Waals surface area contributed by atoms with Crippen LogP contribution in [0.5, 0.6) is 0 Å². The van der Waals surface area contributed by atoms with E-state index < -0.39 is 0 Å². The van der Waals surface area contributed by atoms with Gasteiger partial charge in [0, 0.05) is 34.7 Å². The summed E-state index contributed by atoms with van der Waals surface area (Å²) in [5.74, 6) is 0.393. The van der Waals surface area contributed by atoms with Gasteiger partial charge < -0.3 is 4.90 Å². The van der Waals surface area contributed by atoms with E-state index in [4.69, 9.17) is 11.6 Å². The molecule has 1 atom stereocenters. The molecule has 0 saturated carbocycles. The Morgan fingerprint density at radius 3 is 2.66 bits per heavy atom. The van der Waals surface area contributed by atoms with Gasteiger partial charge in [-0.05, 0) is 70.2 Å². The van der Waals surface area contributed by atoms with Crippen LogP contribution in [-0.2, 0) is 4.79 Å². The summed E-state index contributed by atoms with van der Waals surface area (Å²) in [4.78, 5) is 23.3. The molecule has 0 saturated heterocycles. The molecule has 1 N–H and O–H groups in total. The van der Waals surface area contributed by atoms with Gasteiger partial charge in [0.05, 0.1) is 17.0 Å². The topological polar surface area (TPSA) is 70.5 Å². The molecule has 172 valence electrons. The number of hydrogen-bond donors (Lipinski definition) is 1. The Bertz CT molecular complexity index is 1000. The molecule has 6 nitrogen and oxygen atoms in total. The zero-order chi connectivity index (χ0) is 23.5. The van der Waals surface area contributed by atoms with Crippen molar-refractivity contribution in [3.63, 3.8) is 0 Å². The molecule has 3 rings (SSSR count). The first-order valence-electron chi connectivity index (χ1n) is 11.0. The number of carbonyl (C=O) groups excluding carboxylic acids is 1. The number of aryl methyl sites for hydroxylation is 2. The van der Waals surface area contributed by atoms with E-state index in [-0.39, 0.29) is 17.2 Å². The van der Waals surface area contributed by atoms with Crippen LogP contribution in [0.1, 0.15) is 69.0 Å². The first-order valence-corrected chi connectivity index (χ1v) is 12.3. The van der Waals surface area contributed by atoms with Crippen LogP contribution in [0.3, 0.4) is 0 Å². The zero-order valence-corrected chi connectivity index (χ0v) is 21.3. The average Bonchev–Trinajstić information content (AvgIpc) is 2.69. The Kier molecular flexibility index (Phi) is 7.83. The van der Waals surface area contributed by atoms with E-state index in [1.807, 2.05) is 26.0 Å². The highest BCUT2D eigenvalue weighted by Gasteiger charge is 2.36. The summed E-state index contributed by atoms with van der Waals surface area (Å²) < 4.78 is 0. The molecule has 0 spiro atoms. The highest BCUT2D eigenvalue weighted by molar-refractivity contribution is 7.99. The fourth-order valence-electron chi connectivity index (χ4n) is 4.36. The van der Waals surface area contributed by atoms with Crippen LogP contribution in [-0.4, -0.2) is 39.9 Å². The summed E-state index contributed by atoms with van der Waals surface area (Å²) in [6, 6.07) is 6.05. The molecule has 0 radical (unpaired) electrons. The molecular weight excluding hydrogens is 442 g/mol. The number of anilines is 1. The maximum atomic E-state index is 12.2. The van der Waals surface area contributed by atoms with Crippen LogP contribution in [0.2, 0.25) is 5.02 Å². The maximum absolute atomic E-state index is 12.2. The minimum absolute atomic E-state index is 0.0898. The number of amides is 1. The lowest BCUT2D eigenvalue weighted by Crippen LogP contribution is -2.48. The molecule has 1 aromatic heterocycles. The summed E-state index contributed by atoms with van der Waals surface area (Å²) in [6.07, 6.45) is 3.77. The average molecular weight is 474 g/mol. The number of benzene rings is 1. The van der Waals surface area contributed by atoms with Crippen LogP contribution in [0.15, 0.2) is 28.5 Å². The Labute approximate surface area is 200 Å². The number of nitrogens with zero attached hydrogens (tertiary/aromatic N) is 4. The number of hydrogen-bond acceptors (Lipinski definition) is 6. The van der Waals surface area contributed by atoms with Gasteiger partial charge in [-0.1, -0.05) is 37.2 Å². The van der Waals surface area contributed by atoms with Gasteiger partial charge in [-0.2, -0.15) is 5.10 Å². The van der Waals surface area contributed by atoms with Crippen LogP contribution in [0.4, 0.5) is 5.69 Å². The predicted molar refractivity (Wildman–Crippen MR) is 134 cm³/mol. The highest BCUT2D eigenvalue weighted by atomic mass is 35.5. The Morgan fingerprint density at radius 2 is 2.00 bits per heavy atom. The number of carbonyl (C=O) groups is 1. The summed E-state index contributed by atoms with van der Waals surface area (Å²) >= 11 is 7.89. The number of nitrogens with one attached hydrogen (secondary N) is 1. The fraction of sp³-hybridized carbons (Fsp3) is 0.500. The molecule has 1 aliphatic heterocycles. The molecule has 1 amide bonds. The van der Waals surface area contributed by atoms with Gasteiger partial charge in [-0.15, -0.1) is 0 Å². The normalized spacial score (nSPS) is 17.5. The van der Waals surface area contributed by atoms with E-state index in [1.54, 1.807) is 6.21 Å². The second-order valence-corrected chi connectivity index (χ2v) is 10.4. The Balaban J connectivity index is 1.68. The van der Waals surface area contributed by atoms with Gasteiger partial charge in [0.15, 0.2) is 5.16 Å². The molecule has 1 unspecified atom stereocenters. The number of fused-ring (bicyclic) bond motifs is 1. The SMILES string of the molecule is CCCN1c2cc(Cl)c(/C=N\NC(=O)CSc3nc(C)cc(C)n3)cc2C(C)CC1(C)C. The summed E-state index contributed by atoms with van der Waals surface area (Å²) in [5, 5.41) is 5.35. The van der Waals surface area contributed by atoms with Crippen molar-refractivity contribution in [3.8, 4) is 0 Å². The minimum atomic E-state index is -0.215. The molecule has 0 fully saturated rings. The highest BCUT2D eigenvalue weighted by Crippen LogP contribution is 2.45. The van der Waals surface area contributed by atoms with Crippen LogP contribution in [0.25, 0.3) is 0 Å². The molecule has 8 heteroatoms. The van der Waals surface area contributed by atoms with E-state index in [0.717, 1.165) is 36.3 Å². The van der Waals surface area contributed by atoms with E-state index in [1.165, 1.54) is 23.0 Å². The lowest BCUT2D eigenvalue weighted by Gasteiger charge is -2.47. The Morgan fingerprint density at radius 1 is 1.31 bits per heavy atom. The molecule has 1 aromatic carbocycles. The third kappa shape index (κ3) is 5.81. The van der Waals surface area contributed by atoms with Crippen molar-refractivity contribution in [2.24, 2.45) is 5.10 Å². The summed E-state index contributed by atoms with van der Waals surface area (Å²) in [6.45, 7) is 13.9. The summed E-state index contributed by atoms with van der Waals surface area (Å²) in [7, 11) is 0. The lowest BCUT2D eigenvalue weighted by atomic mass is 9.79. The van der Waals surface area contributed by atoms with Gasteiger partial charge >= 0.3 is 0 Å². The van der Waals surface area contributed by atoms with E-state index in [9.17, 15) is 4.79 Å². The van der Waals surface area contributed by atoms with Gasteiger partial charge in [-0.25, -0.2) is 15.4 Å². The Hall–Kier alpha value is -2.12.